The van der Waals surface area contributed by atoms with Crippen molar-refractivity contribution < 1.29 is 9.21 Å². The molecular formula is C18H19N3O2. The summed E-state index contributed by atoms with van der Waals surface area (Å²) in [5, 5.41) is 0. The van der Waals surface area contributed by atoms with E-state index in [2.05, 4.69) is 16.0 Å². The molecule has 3 aromatic heterocycles. The Morgan fingerprint density at radius 1 is 1.43 bits per heavy atom. The maximum atomic E-state index is 12.6. The Hall–Kier alpha value is -2.56. The fraction of sp³-hybridized carbons (Fsp3) is 0.333. The number of aromatic amines is 1. The standard InChI is InChI=1S/C18H19N3O2/c1-12-6-9-23-17(12)18(22)21-8-3-4-13(11-21)15-10-16-14(20-15)5-2-7-19-16/h2,5-7,9-10,13,20H,3-4,8,11H2,1H3. The molecule has 0 aromatic carbocycles. The normalized spacial score (nSPS) is 18.5. The summed E-state index contributed by atoms with van der Waals surface area (Å²) >= 11 is 0. The van der Waals surface area contributed by atoms with Crippen molar-refractivity contribution in [1.82, 2.24) is 14.9 Å². The van der Waals surface area contributed by atoms with E-state index in [0.717, 1.165) is 41.7 Å². The predicted molar refractivity (Wildman–Crippen MR) is 87.4 cm³/mol. The maximum absolute atomic E-state index is 12.6. The molecule has 0 spiro atoms. The van der Waals surface area contributed by atoms with Gasteiger partial charge in [0, 0.05) is 36.5 Å². The Bertz CT molecular complexity index is 816. The lowest BCUT2D eigenvalue weighted by molar-refractivity contribution is 0.0673. The van der Waals surface area contributed by atoms with Crippen LogP contribution in [0.15, 0.2) is 41.1 Å². The Balaban J connectivity index is 1.57. The lowest BCUT2D eigenvalue weighted by Crippen LogP contribution is -2.39. The van der Waals surface area contributed by atoms with Gasteiger partial charge in [0.05, 0.1) is 17.3 Å². The van der Waals surface area contributed by atoms with Crippen LogP contribution in [-0.2, 0) is 0 Å². The van der Waals surface area contributed by atoms with Crippen LogP contribution < -0.4 is 0 Å². The third-order valence-electron chi connectivity index (χ3n) is 4.61. The average Bonchev–Trinajstić information content (AvgIpc) is 3.20. The second-order valence-corrected chi connectivity index (χ2v) is 6.18. The second kappa shape index (κ2) is 5.57. The molecule has 1 amide bonds. The lowest BCUT2D eigenvalue weighted by Gasteiger charge is -2.32. The minimum atomic E-state index is -0.00793. The third kappa shape index (κ3) is 2.52. The number of nitrogens with zero attached hydrogens (tertiary/aromatic N) is 2. The molecule has 5 heteroatoms. The number of fused-ring (bicyclic) bond motifs is 1. The van der Waals surface area contributed by atoms with Crippen LogP contribution in [0.2, 0.25) is 0 Å². The summed E-state index contributed by atoms with van der Waals surface area (Å²) in [6.45, 7) is 3.40. The largest absolute Gasteiger partial charge is 0.459 e. The van der Waals surface area contributed by atoms with E-state index in [1.165, 1.54) is 0 Å². The molecule has 3 aromatic rings. The number of furan rings is 1. The topological polar surface area (TPSA) is 62.1 Å². The fourth-order valence-corrected chi connectivity index (χ4v) is 3.35. The fourth-order valence-electron chi connectivity index (χ4n) is 3.35. The number of carbonyl (C=O) groups excluding carboxylic acids is 1. The molecule has 1 aliphatic heterocycles. The Labute approximate surface area is 134 Å². The van der Waals surface area contributed by atoms with E-state index in [1.54, 1.807) is 12.5 Å². The van der Waals surface area contributed by atoms with Gasteiger partial charge in [0.1, 0.15) is 0 Å². The number of H-pyrrole nitrogens is 1. The predicted octanol–water partition coefficient (Wildman–Crippen LogP) is 3.48. The van der Waals surface area contributed by atoms with Crippen LogP contribution in [0, 0.1) is 6.92 Å². The highest BCUT2D eigenvalue weighted by molar-refractivity contribution is 5.93. The minimum Gasteiger partial charge on any atom is -0.459 e. The summed E-state index contributed by atoms with van der Waals surface area (Å²) in [6, 6.07) is 7.90. The van der Waals surface area contributed by atoms with Gasteiger partial charge in [-0.05, 0) is 44.0 Å². The van der Waals surface area contributed by atoms with Gasteiger partial charge >= 0.3 is 0 Å². The molecule has 1 fully saturated rings. The van der Waals surface area contributed by atoms with E-state index in [0.29, 0.717) is 18.2 Å². The Morgan fingerprint density at radius 3 is 3.13 bits per heavy atom. The quantitative estimate of drug-likeness (QED) is 0.788. The van der Waals surface area contributed by atoms with Crippen molar-refractivity contribution in [3.8, 4) is 0 Å². The van der Waals surface area contributed by atoms with Crippen molar-refractivity contribution in [2.24, 2.45) is 0 Å². The van der Waals surface area contributed by atoms with Crippen molar-refractivity contribution in [1.29, 1.82) is 0 Å². The highest BCUT2D eigenvalue weighted by atomic mass is 16.3. The maximum Gasteiger partial charge on any atom is 0.289 e. The molecule has 1 N–H and O–H groups in total. The summed E-state index contributed by atoms with van der Waals surface area (Å²) in [5.41, 5.74) is 4.08. The molecule has 0 bridgehead atoms. The number of amides is 1. The third-order valence-corrected chi connectivity index (χ3v) is 4.61. The molecular weight excluding hydrogens is 290 g/mol. The van der Waals surface area contributed by atoms with Crippen molar-refractivity contribution in [3.63, 3.8) is 0 Å². The molecule has 118 valence electrons. The van der Waals surface area contributed by atoms with Crippen LogP contribution >= 0.6 is 0 Å². The summed E-state index contributed by atoms with van der Waals surface area (Å²) in [5.74, 6) is 0.771. The lowest BCUT2D eigenvalue weighted by atomic mass is 9.94. The number of aromatic nitrogens is 2. The Kier molecular flexibility index (Phi) is 3.41. The monoisotopic (exact) mass is 309 g/mol. The molecule has 5 nitrogen and oxygen atoms in total. The molecule has 0 radical (unpaired) electrons. The second-order valence-electron chi connectivity index (χ2n) is 6.18. The van der Waals surface area contributed by atoms with Gasteiger partial charge in [-0.15, -0.1) is 0 Å². The molecule has 4 rings (SSSR count). The van der Waals surface area contributed by atoms with Crippen molar-refractivity contribution >= 4 is 16.9 Å². The first-order chi connectivity index (χ1) is 11.2. The van der Waals surface area contributed by atoms with Crippen LogP contribution in [0.3, 0.4) is 0 Å². The minimum absolute atomic E-state index is 0.00793. The van der Waals surface area contributed by atoms with Crippen LogP contribution in [0.25, 0.3) is 11.0 Å². The first-order valence-corrected chi connectivity index (χ1v) is 7.99. The zero-order chi connectivity index (χ0) is 15.8. The van der Waals surface area contributed by atoms with E-state index < -0.39 is 0 Å². The number of likely N-dealkylation sites (tertiary alicyclic amines) is 1. The van der Waals surface area contributed by atoms with Crippen LogP contribution in [0.4, 0.5) is 0 Å². The molecule has 1 aliphatic rings. The number of nitrogens with one attached hydrogen (secondary N) is 1. The Morgan fingerprint density at radius 2 is 2.35 bits per heavy atom. The number of hydrogen-bond donors (Lipinski definition) is 1. The van der Waals surface area contributed by atoms with Gasteiger partial charge < -0.3 is 14.3 Å². The smallest absolute Gasteiger partial charge is 0.289 e. The van der Waals surface area contributed by atoms with E-state index in [1.807, 2.05) is 30.0 Å². The summed E-state index contributed by atoms with van der Waals surface area (Å²) in [7, 11) is 0. The van der Waals surface area contributed by atoms with Gasteiger partial charge in [-0.3, -0.25) is 9.78 Å². The van der Waals surface area contributed by atoms with Crippen LogP contribution in [-0.4, -0.2) is 33.9 Å². The van der Waals surface area contributed by atoms with Gasteiger partial charge in [-0.25, -0.2) is 0 Å². The van der Waals surface area contributed by atoms with Crippen molar-refractivity contribution in [2.45, 2.75) is 25.7 Å². The van der Waals surface area contributed by atoms with E-state index in [4.69, 9.17) is 4.42 Å². The van der Waals surface area contributed by atoms with Gasteiger partial charge in [0.15, 0.2) is 5.76 Å². The summed E-state index contributed by atoms with van der Waals surface area (Å²) in [6.07, 6.45) is 5.45. The molecule has 4 heterocycles. The zero-order valence-corrected chi connectivity index (χ0v) is 13.1. The van der Waals surface area contributed by atoms with Crippen LogP contribution in [0.5, 0.6) is 0 Å². The molecule has 0 aliphatic carbocycles. The van der Waals surface area contributed by atoms with Gasteiger partial charge in [0.25, 0.3) is 5.91 Å². The zero-order valence-electron chi connectivity index (χ0n) is 13.1. The first-order valence-electron chi connectivity index (χ1n) is 7.99. The van der Waals surface area contributed by atoms with E-state index in [9.17, 15) is 4.79 Å². The van der Waals surface area contributed by atoms with Gasteiger partial charge in [-0.1, -0.05) is 0 Å². The SMILES string of the molecule is Cc1ccoc1C(=O)N1CCCC(c2cc3ncccc3[nH]2)C1. The van der Waals surface area contributed by atoms with E-state index in [-0.39, 0.29) is 5.91 Å². The molecule has 0 saturated carbocycles. The number of aryl methyl sites for hydroxylation is 1. The molecule has 1 saturated heterocycles. The van der Waals surface area contributed by atoms with Gasteiger partial charge in [0.2, 0.25) is 0 Å². The molecule has 23 heavy (non-hydrogen) atoms. The number of hydrogen-bond acceptors (Lipinski definition) is 3. The number of pyridine rings is 1. The van der Waals surface area contributed by atoms with Crippen molar-refractivity contribution in [2.75, 3.05) is 13.1 Å². The molecule has 1 atom stereocenters. The highest BCUT2D eigenvalue weighted by Gasteiger charge is 2.28. The average molecular weight is 309 g/mol. The number of piperidine rings is 1. The van der Waals surface area contributed by atoms with Gasteiger partial charge in [-0.2, -0.15) is 0 Å². The highest BCUT2D eigenvalue weighted by Crippen LogP contribution is 2.29. The number of rotatable bonds is 2. The number of carbonyl (C=O) groups is 1. The van der Waals surface area contributed by atoms with E-state index >= 15 is 0 Å². The summed E-state index contributed by atoms with van der Waals surface area (Å²) in [4.78, 5) is 22.4. The summed E-state index contributed by atoms with van der Waals surface area (Å²) < 4.78 is 5.36. The molecule has 1 unspecified atom stereocenters. The van der Waals surface area contributed by atoms with Crippen LogP contribution in [0.1, 0.15) is 40.6 Å². The van der Waals surface area contributed by atoms with Crippen molar-refractivity contribution in [3.05, 3.63) is 53.7 Å². The first kappa shape index (κ1) is 14.1.